The number of piperidine rings is 1. The van der Waals surface area contributed by atoms with Gasteiger partial charge in [-0.05, 0) is 44.5 Å². The molecule has 0 aromatic heterocycles. The summed E-state index contributed by atoms with van der Waals surface area (Å²) < 4.78 is 5.82. The monoisotopic (exact) mass is 219 g/mol. The summed E-state index contributed by atoms with van der Waals surface area (Å²) in [6.45, 7) is 4.34. The highest BCUT2D eigenvalue weighted by atomic mass is 16.5. The Morgan fingerprint density at radius 2 is 2.06 bits per heavy atom. The third-order valence-electron chi connectivity index (χ3n) is 3.46. The molecule has 1 aromatic rings. The molecule has 16 heavy (non-hydrogen) atoms. The van der Waals surface area contributed by atoms with Crippen LogP contribution in [-0.4, -0.2) is 31.1 Å². The van der Waals surface area contributed by atoms with Crippen LogP contribution in [0.15, 0.2) is 30.3 Å². The summed E-state index contributed by atoms with van der Waals surface area (Å²) in [6, 6.07) is 10.7. The molecular weight excluding hydrogens is 198 g/mol. The normalized spacial score (nSPS) is 26.6. The quantitative estimate of drug-likeness (QED) is 0.775. The van der Waals surface area contributed by atoms with Gasteiger partial charge in [0, 0.05) is 6.04 Å². The molecule has 2 rings (SSSR count). The first-order chi connectivity index (χ1) is 7.75. The van der Waals surface area contributed by atoms with Crippen LogP contribution in [-0.2, 0) is 0 Å². The van der Waals surface area contributed by atoms with E-state index in [0.29, 0.717) is 6.04 Å². The van der Waals surface area contributed by atoms with Gasteiger partial charge in [0.15, 0.2) is 0 Å². The van der Waals surface area contributed by atoms with E-state index in [2.05, 4.69) is 18.9 Å². The minimum Gasteiger partial charge on any atom is -0.492 e. The summed E-state index contributed by atoms with van der Waals surface area (Å²) in [6.07, 6.45) is 2.57. The van der Waals surface area contributed by atoms with Crippen molar-refractivity contribution >= 4 is 0 Å². The van der Waals surface area contributed by atoms with Crippen molar-refractivity contribution in [3.8, 4) is 5.75 Å². The van der Waals surface area contributed by atoms with Gasteiger partial charge >= 0.3 is 0 Å². The Kier molecular flexibility index (Phi) is 3.83. The van der Waals surface area contributed by atoms with Crippen molar-refractivity contribution in [3.05, 3.63) is 30.3 Å². The molecule has 2 unspecified atom stereocenters. The van der Waals surface area contributed by atoms with E-state index in [1.807, 2.05) is 30.3 Å². The first kappa shape index (κ1) is 11.5. The molecule has 2 heteroatoms. The highest BCUT2D eigenvalue weighted by molar-refractivity contribution is 5.20. The fourth-order valence-electron chi connectivity index (χ4n) is 2.27. The fraction of sp³-hybridized carbons (Fsp3) is 0.571. The molecule has 0 spiro atoms. The molecule has 0 radical (unpaired) electrons. The van der Waals surface area contributed by atoms with Crippen LogP contribution in [0.4, 0.5) is 0 Å². The van der Waals surface area contributed by atoms with Gasteiger partial charge in [-0.25, -0.2) is 0 Å². The summed E-state index contributed by atoms with van der Waals surface area (Å²) in [5, 5.41) is 0. The zero-order chi connectivity index (χ0) is 11.4. The lowest BCUT2D eigenvalue weighted by atomic mass is 9.93. The Labute approximate surface area is 98.2 Å². The standard InChI is InChI=1S/C14H21NO/c1-12-8-9-15(2)13(10-12)11-16-14-6-4-3-5-7-14/h3-7,12-13H,8-11H2,1-2H3. The Balaban J connectivity index is 1.85. The number of ether oxygens (including phenoxy) is 1. The van der Waals surface area contributed by atoms with Crippen molar-refractivity contribution in [2.75, 3.05) is 20.2 Å². The summed E-state index contributed by atoms with van der Waals surface area (Å²) >= 11 is 0. The van der Waals surface area contributed by atoms with E-state index in [1.165, 1.54) is 19.4 Å². The van der Waals surface area contributed by atoms with E-state index >= 15 is 0 Å². The molecule has 2 nitrogen and oxygen atoms in total. The molecule has 1 saturated heterocycles. The van der Waals surface area contributed by atoms with Crippen molar-refractivity contribution in [3.63, 3.8) is 0 Å². The Morgan fingerprint density at radius 1 is 1.31 bits per heavy atom. The molecular formula is C14H21NO. The molecule has 0 amide bonds. The number of hydrogen-bond donors (Lipinski definition) is 0. The van der Waals surface area contributed by atoms with Gasteiger partial charge in [0.1, 0.15) is 12.4 Å². The van der Waals surface area contributed by atoms with Gasteiger partial charge in [0.05, 0.1) is 0 Å². The van der Waals surface area contributed by atoms with Crippen LogP contribution in [0.2, 0.25) is 0 Å². The number of nitrogens with zero attached hydrogens (tertiary/aromatic N) is 1. The number of benzene rings is 1. The largest absolute Gasteiger partial charge is 0.492 e. The summed E-state index contributed by atoms with van der Waals surface area (Å²) in [5.41, 5.74) is 0. The second kappa shape index (κ2) is 5.35. The van der Waals surface area contributed by atoms with Gasteiger partial charge in [-0.15, -0.1) is 0 Å². The second-order valence-electron chi connectivity index (χ2n) is 4.89. The molecule has 0 aliphatic carbocycles. The minimum absolute atomic E-state index is 0.573. The molecule has 1 aliphatic heterocycles. The van der Waals surface area contributed by atoms with Gasteiger partial charge in [-0.3, -0.25) is 0 Å². The first-order valence-electron chi connectivity index (χ1n) is 6.14. The molecule has 1 heterocycles. The molecule has 0 N–H and O–H groups in total. The third-order valence-corrected chi connectivity index (χ3v) is 3.46. The molecule has 1 aromatic carbocycles. The topological polar surface area (TPSA) is 12.5 Å². The van der Waals surface area contributed by atoms with E-state index in [1.54, 1.807) is 0 Å². The van der Waals surface area contributed by atoms with Gasteiger partial charge in [0.25, 0.3) is 0 Å². The molecule has 1 fully saturated rings. The van der Waals surface area contributed by atoms with Crippen molar-refractivity contribution < 1.29 is 4.74 Å². The lowest BCUT2D eigenvalue weighted by Gasteiger charge is -2.35. The molecule has 1 aliphatic rings. The second-order valence-corrected chi connectivity index (χ2v) is 4.89. The molecule has 0 saturated carbocycles. The first-order valence-corrected chi connectivity index (χ1v) is 6.14. The smallest absolute Gasteiger partial charge is 0.119 e. The van der Waals surface area contributed by atoms with Crippen molar-refractivity contribution in [2.24, 2.45) is 5.92 Å². The summed E-state index contributed by atoms with van der Waals surface area (Å²) in [7, 11) is 2.20. The highest BCUT2D eigenvalue weighted by Crippen LogP contribution is 2.21. The van der Waals surface area contributed by atoms with Crippen LogP contribution in [0, 0.1) is 5.92 Å². The number of likely N-dealkylation sites (N-methyl/N-ethyl adjacent to an activating group) is 1. The predicted molar refractivity (Wildman–Crippen MR) is 66.8 cm³/mol. The summed E-state index contributed by atoms with van der Waals surface area (Å²) in [4.78, 5) is 2.42. The molecule has 2 atom stereocenters. The fourth-order valence-corrected chi connectivity index (χ4v) is 2.27. The zero-order valence-corrected chi connectivity index (χ0v) is 10.2. The van der Waals surface area contributed by atoms with Gasteiger partial charge in [0.2, 0.25) is 0 Å². The third kappa shape index (κ3) is 2.99. The van der Waals surface area contributed by atoms with E-state index in [9.17, 15) is 0 Å². The Morgan fingerprint density at radius 3 is 2.81 bits per heavy atom. The maximum Gasteiger partial charge on any atom is 0.119 e. The van der Waals surface area contributed by atoms with Crippen LogP contribution < -0.4 is 4.74 Å². The Hall–Kier alpha value is -1.02. The van der Waals surface area contributed by atoms with Crippen molar-refractivity contribution in [1.82, 2.24) is 4.90 Å². The number of likely N-dealkylation sites (tertiary alicyclic amines) is 1. The van der Waals surface area contributed by atoms with Gasteiger partial charge in [-0.2, -0.15) is 0 Å². The molecule has 88 valence electrons. The lowest BCUT2D eigenvalue weighted by molar-refractivity contribution is 0.101. The zero-order valence-electron chi connectivity index (χ0n) is 10.2. The van der Waals surface area contributed by atoms with E-state index in [4.69, 9.17) is 4.74 Å². The average molecular weight is 219 g/mol. The van der Waals surface area contributed by atoms with Crippen molar-refractivity contribution in [2.45, 2.75) is 25.8 Å². The lowest BCUT2D eigenvalue weighted by Crippen LogP contribution is -2.42. The average Bonchev–Trinajstić information content (AvgIpc) is 2.32. The molecule has 0 bridgehead atoms. The maximum absolute atomic E-state index is 5.82. The van der Waals surface area contributed by atoms with E-state index in [-0.39, 0.29) is 0 Å². The van der Waals surface area contributed by atoms with Crippen LogP contribution in [0.3, 0.4) is 0 Å². The number of hydrogen-bond acceptors (Lipinski definition) is 2. The van der Waals surface area contributed by atoms with Gasteiger partial charge in [-0.1, -0.05) is 25.1 Å². The highest BCUT2D eigenvalue weighted by Gasteiger charge is 2.23. The van der Waals surface area contributed by atoms with Crippen molar-refractivity contribution in [1.29, 1.82) is 0 Å². The summed E-state index contributed by atoms with van der Waals surface area (Å²) in [5.74, 6) is 1.81. The van der Waals surface area contributed by atoms with Gasteiger partial charge < -0.3 is 9.64 Å². The van der Waals surface area contributed by atoms with Crippen LogP contribution in [0.5, 0.6) is 5.75 Å². The predicted octanol–water partition coefficient (Wildman–Crippen LogP) is 2.80. The number of rotatable bonds is 3. The van der Waals surface area contributed by atoms with Crippen LogP contribution in [0.1, 0.15) is 19.8 Å². The van der Waals surface area contributed by atoms with E-state index in [0.717, 1.165) is 18.3 Å². The van der Waals surface area contributed by atoms with Crippen LogP contribution >= 0.6 is 0 Å². The maximum atomic E-state index is 5.82. The van der Waals surface area contributed by atoms with Crippen LogP contribution in [0.25, 0.3) is 0 Å². The van der Waals surface area contributed by atoms with E-state index < -0.39 is 0 Å². The number of para-hydroxylation sites is 1. The SMILES string of the molecule is CC1CCN(C)C(COc2ccccc2)C1. The Bertz CT molecular complexity index is 312. The minimum atomic E-state index is 0.573.